The van der Waals surface area contributed by atoms with Gasteiger partial charge in [-0.25, -0.2) is 9.19 Å². The highest BCUT2D eigenvalue weighted by Crippen LogP contribution is 2.07. The summed E-state index contributed by atoms with van der Waals surface area (Å²) in [6.45, 7) is 0. The van der Waals surface area contributed by atoms with Gasteiger partial charge < -0.3 is 4.42 Å². The van der Waals surface area contributed by atoms with Crippen molar-refractivity contribution in [1.29, 1.82) is 0 Å². The van der Waals surface area contributed by atoms with E-state index in [-0.39, 0.29) is 0 Å². The minimum absolute atomic E-state index is 0.542. The first-order chi connectivity index (χ1) is 7.36. The van der Waals surface area contributed by atoms with E-state index in [1.807, 2.05) is 0 Å². The maximum atomic E-state index is 11.7. The topological polar surface area (TPSA) is 43.1 Å². The Kier molecular flexibility index (Phi) is 3.09. The number of pyridine rings is 1. The smallest absolute Gasteiger partial charge is 0.131 e. The van der Waals surface area contributed by atoms with Gasteiger partial charge in [0.15, 0.2) is 0 Å². The Labute approximate surface area is 89.9 Å². The minimum atomic E-state index is -1.22. The molecule has 2 aromatic heterocycles. The van der Waals surface area contributed by atoms with Crippen molar-refractivity contribution in [2.24, 2.45) is 0 Å². The maximum absolute atomic E-state index is 11.7. The Morgan fingerprint density at radius 3 is 2.87 bits per heavy atom. The van der Waals surface area contributed by atoms with Crippen LogP contribution in [0.5, 0.6) is 0 Å². The molecule has 0 bridgehead atoms. The van der Waals surface area contributed by atoms with Crippen molar-refractivity contribution >= 4 is 16.9 Å². The molecule has 4 heteroatoms. The number of rotatable bonds is 3. The molecule has 2 heterocycles. The van der Waals surface area contributed by atoms with Crippen molar-refractivity contribution in [3.05, 3.63) is 54.0 Å². The van der Waals surface area contributed by atoms with Gasteiger partial charge in [-0.05, 0) is 30.3 Å². The van der Waals surface area contributed by atoms with E-state index in [9.17, 15) is 4.21 Å². The van der Waals surface area contributed by atoms with Gasteiger partial charge in [-0.15, -0.1) is 0 Å². The second kappa shape index (κ2) is 4.70. The van der Waals surface area contributed by atoms with Crippen molar-refractivity contribution in [2.75, 3.05) is 0 Å². The van der Waals surface area contributed by atoms with Gasteiger partial charge in [-0.2, -0.15) is 0 Å². The van der Waals surface area contributed by atoms with E-state index in [0.717, 1.165) is 0 Å². The van der Waals surface area contributed by atoms with E-state index in [1.54, 1.807) is 54.3 Å². The van der Waals surface area contributed by atoms with Crippen LogP contribution >= 0.6 is 0 Å². The first-order valence-corrected chi connectivity index (χ1v) is 5.61. The van der Waals surface area contributed by atoms with Crippen LogP contribution in [0.2, 0.25) is 0 Å². The summed E-state index contributed by atoms with van der Waals surface area (Å²) in [5, 5.41) is 2.10. The van der Waals surface area contributed by atoms with Gasteiger partial charge >= 0.3 is 0 Å². The van der Waals surface area contributed by atoms with E-state index in [2.05, 4.69) is 4.98 Å². The molecule has 0 amide bonds. The lowest BCUT2D eigenvalue weighted by Gasteiger charge is -1.92. The summed E-state index contributed by atoms with van der Waals surface area (Å²) in [5.41, 5.74) is 0. The third-order valence-electron chi connectivity index (χ3n) is 1.74. The third kappa shape index (κ3) is 2.63. The lowest BCUT2D eigenvalue weighted by molar-refractivity contribution is 0.557. The normalized spacial score (nSPS) is 13.1. The van der Waals surface area contributed by atoms with Crippen LogP contribution in [-0.2, 0) is 10.8 Å². The van der Waals surface area contributed by atoms with Gasteiger partial charge in [0, 0.05) is 11.6 Å². The van der Waals surface area contributed by atoms with Crippen molar-refractivity contribution in [3.8, 4) is 0 Å². The third-order valence-corrected chi connectivity index (χ3v) is 2.78. The number of aromatic nitrogens is 1. The zero-order chi connectivity index (χ0) is 10.5. The number of nitrogens with zero attached hydrogens (tertiary/aromatic N) is 1. The number of hydrogen-bond donors (Lipinski definition) is 0. The number of furan rings is 1. The van der Waals surface area contributed by atoms with Crippen LogP contribution in [0, 0.1) is 0 Å². The Morgan fingerprint density at radius 2 is 2.20 bits per heavy atom. The van der Waals surface area contributed by atoms with Gasteiger partial charge in [0.2, 0.25) is 0 Å². The summed E-state index contributed by atoms with van der Waals surface area (Å²) in [6, 6.07) is 8.90. The summed E-state index contributed by atoms with van der Waals surface area (Å²) in [5.74, 6) is 0.680. The van der Waals surface area contributed by atoms with Crippen molar-refractivity contribution in [2.45, 2.75) is 5.03 Å². The van der Waals surface area contributed by atoms with E-state index >= 15 is 0 Å². The molecule has 0 aliphatic rings. The van der Waals surface area contributed by atoms with Crippen molar-refractivity contribution in [3.63, 3.8) is 0 Å². The van der Waals surface area contributed by atoms with Crippen LogP contribution in [0.3, 0.4) is 0 Å². The Morgan fingerprint density at radius 1 is 1.27 bits per heavy atom. The molecule has 0 aliphatic heterocycles. The Hall–Kier alpha value is -1.68. The predicted octanol–water partition coefficient (Wildman–Crippen LogP) is 2.45. The number of hydrogen-bond acceptors (Lipinski definition) is 3. The molecule has 0 spiro atoms. The highest BCUT2D eigenvalue weighted by molar-refractivity contribution is 7.88. The quantitative estimate of drug-likeness (QED) is 0.796. The SMILES string of the molecule is O=S(/C=C/c1ccco1)c1ccccn1. The molecule has 0 aromatic carbocycles. The fourth-order valence-electron chi connectivity index (χ4n) is 1.05. The van der Waals surface area contributed by atoms with Crippen molar-refractivity contribution in [1.82, 2.24) is 4.98 Å². The molecule has 0 aliphatic carbocycles. The van der Waals surface area contributed by atoms with Gasteiger partial charge in [-0.3, -0.25) is 0 Å². The summed E-state index contributed by atoms with van der Waals surface area (Å²) >= 11 is 0. The highest BCUT2D eigenvalue weighted by atomic mass is 32.2. The molecule has 1 unspecified atom stereocenters. The van der Waals surface area contributed by atoms with E-state index in [4.69, 9.17) is 4.42 Å². The second-order valence-corrected chi connectivity index (χ2v) is 4.07. The highest BCUT2D eigenvalue weighted by Gasteiger charge is 1.99. The molecule has 15 heavy (non-hydrogen) atoms. The maximum Gasteiger partial charge on any atom is 0.131 e. The van der Waals surface area contributed by atoms with Gasteiger partial charge in [0.05, 0.1) is 17.1 Å². The van der Waals surface area contributed by atoms with Crippen LogP contribution in [0.1, 0.15) is 5.76 Å². The first-order valence-electron chi connectivity index (χ1n) is 4.39. The van der Waals surface area contributed by atoms with Gasteiger partial charge in [0.25, 0.3) is 0 Å². The fourth-order valence-corrected chi connectivity index (χ4v) is 1.83. The van der Waals surface area contributed by atoms with Gasteiger partial charge in [-0.1, -0.05) is 6.07 Å². The molecule has 0 saturated heterocycles. The molecule has 0 fully saturated rings. The monoisotopic (exact) mass is 219 g/mol. The largest absolute Gasteiger partial charge is 0.465 e. The predicted molar refractivity (Wildman–Crippen MR) is 58.4 cm³/mol. The molecular weight excluding hydrogens is 210 g/mol. The van der Waals surface area contributed by atoms with Crippen LogP contribution in [-0.4, -0.2) is 9.19 Å². The summed E-state index contributed by atoms with van der Waals surface area (Å²) in [7, 11) is -1.22. The minimum Gasteiger partial charge on any atom is -0.465 e. The van der Waals surface area contributed by atoms with Crippen LogP contribution in [0.4, 0.5) is 0 Å². The average Bonchev–Trinajstić information content (AvgIpc) is 2.80. The van der Waals surface area contributed by atoms with Crippen LogP contribution < -0.4 is 0 Å². The zero-order valence-corrected chi connectivity index (χ0v) is 8.68. The average molecular weight is 219 g/mol. The molecule has 0 radical (unpaired) electrons. The summed E-state index contributed by atoms with van der Waals surface area (Å²) < 4.78 is 16.7. The van der Waals surface area contributed by atoms with E-state index in [1.165, 1.54) is 0 Å². The summed E-state index contributed by atoms with van der Waals surface area (Å²) in [4.78, 5) is 4.00. The lowest BCUT2D eigenvalue weighted by Crippen LogP contribution is -1.88. The van der Waals surface area contributed by atoms with Crippen molar-refractivity contribution < 1.29 is 8.63 Å². The Bertz CT molecular complexity index is 463. The van der Waals surface area contributed by atoms with E-state index in [0.29, 0.717) is 10.8 Å². The second-order valence-electron chi connectivity index (χ2n) is 2.78. The molecule has 2 aromatic rings. The molecule has 0 N–H and O–H groups in total. The molecule has 3 nitrogen and oxygen atoms in total. The lowest BCUT2D eigenvalue weighted by atomic mass is 10.5. The van der Waals surface area contributed by atoms with Gasteiger partial charge in [0.1, 0.15) is 10.8 Å². The molecular formula is C11H9NO2S. The Balaban J connectivity index is 2.11. The van der Waals surface area contributed by atoms with Crippen LogP contribution in [0.25, 0.3) is 6.08 Å². The molecule has 0 saturated carbocycles. The summed E-state index contributed by atoms with van der Waals surface area (Å²) in [6.07, 6.45) is 4.86. The molecule has 2 rings (SSSR count). The standard InChI is InChI=1S/C11H9NO2S/c13-15(11-5-1-2-7-12-11)9-6-10-4-3-8-14-10/h1-9H/b9-6+. The molecule has 1 atom stereocenters. The zero-order valence-electron chi connectivity index (χ0n) is 7.87. The molecule has 76 valence electrons. The fraction of sp³-hybridized carbons (Fsp3) is 0. The first kappa shape index (κ1) is 9.86. The van der Waals surface area contributed by atoms with E-state index < -0.39 is 10.8 Å². The van der Waals surface area contributed by atoms with Crippen LogP contribution in [0.15, 0.2) is 57.6 Å².